The number of hydrogen-bond acceptors (Lipinski definition) is 1. The SMILES string of the molecule is C=CC1OC(=C)C1(CC)CC. The Labute approximate surface area is 68.8 Å². The first kappa shape index (κ1) is 8.38. The fraction of sp³-hybridized carbons (Fsp3) is 0.600. The monoisotopic (exact) mass is 152 g/mol. The van der Waals surface area contributed by atoms with E-state index in [-0.39, 0.29) is 11.5 Å². The average molecular weight is 152 g/mol. The Morgan fingerprint density at radius 1 is 1.55 bits per heavy atom. The Kier molecular flexibility index (Phi) is 2.08. The third kappa shape index (κ3) is 0.907. The van der Waals surface area contributed by atoms with Crippen LogP contribution < -0.4 is 0 Å². The topological polar surface area (TPSA) is 9.23 Å². The first-order valence-electron chi connectivity index (χ1n) is 4.19. The molecule has 0 N–H and O–H groups in total. The highest BCUT2D eigenvalue weighted by Gasteiger charge is 2.48. The molecule has 0 aliphatic carbocycles. The quantitative estimate of drug-likeness (QED) is 0.565. The van der Waals surface area contributed by atoms with E-state index >= 15 is 0 Å². The second-order valence-corrected chi connectivity index (χ2v) is 3.06. The van der Waals surface area contributed by atoms with E-state index in [0.29, 0.717) is 0 Å². The Bertz CT molecular complexity index is 177. The van der Waals surface area contributed by atoms with Gasteiger partial charge in [0.2, 0.25) is 0 Å². The van der Waals surface area contributed by atoms with Gasteiger partial charge >= 0.3 is 0 Å². The smallest absolute Gasteiger partial charge is 0.129 e. The highest BCUT2D eigenvalue weighted by molar-refractivity contribution is 5.20. The van der Waals surface area contributed by atoms with Gasteiger partial charge in [0.05, 0.1) is 11.2 Å². The van der Waals surface area contributed by atoms with E-state index in [2.05, 4.69) is 27.0 Å². The molecular weight excluding hydrogens is 136 g/mol. The third-order valence-corrected chi connectivity index (χ3v) is 2.85. The highest BCUT2D eigenvalue weighted by atomic mass is 16.5. The molecule has 1 aliphatic heterocycles. The van der Waals surface area contributed by atoms with E-state index in [1.807, 2.05) is 6.08 Å². The highest BCUT2D eigenvalue weighted by Crippen LogP contribution is 2.49. The van der Waals surface area contributed by atoms with E-state index in [0.717, 1.165) is 18.6 Å². The molecule has 1 atom stereocenters. The van der Waals surface area contributed by atoms with E-state index in [1.165, 1.54) is 0 Å². The minimum Gasteiger partial charge on any atom is -0.490 e. The van der Waals surface area contributed by atoms with Crippen molar-refractivity contribution in [2.45, 2.75) is 32.8 Å². The van der Waals surface area contributed by atoms with Crippen molar-refractivity contribution < 1.29 is 4.74 Å². The van der Waals surface area contributed by atoms with Gasteiger partial charge in [-0.05, 0) is 12.8 Å². The van der Waals surface area contributed by atoms with Gasteiger partial charge in [0.1, 0.15) is 6.10 Å². The van der Waals surface area contributed by atoms with Gasteiger partial charge in [-0.2, -0.15) is 0 Å². The summed E-state index contributed by atoms with van der Waals surface area (Å²) in [5.41, 5.74) is 0.196. The number of ether oxygens (including phenoxy) is 1. The maximum absolute atomic E-state index is 5.37. The molecule has 0 amide bonds. The van der Waals surface area contributed by atoms with Crippen LogP contribution in [0.2, 0.25) is 0 Å². The second kappa shape index (κ2) is 2.72. The molecule has 62 valence electrons. The fourth-order valence-electron chi connectivity index (χ4n) is 1.80. The predicted octanol–water partition coefficient (Wildman–Crippen LogP) is 2.89. The minimum atomic E-state index is 0.196. The lowest BCUT2D eigenvalue weighted by Gasteiger charge is -2.49. The summed E-state index contributed by atoms with van der Waals surface area (Å²) in [6.07, 6.45) is 4.27. The standard InChI is InChI=1S/C10H16O/c1-5-9-10(6-2,7-3)8(4)11-9/h5,9H,1,4,6-7H2,2-3H3. The van der Waals surface area contributed by atoms with Crippen LogP contribution in [0, 0.1) is 5.41 Å². The molecule has 0 saturated carbocycles. The molecule has 1 nitrogen and oxygen atoms in total. The fourth-order valence-corrected chi connectivity index (χ4v) is 1.80. The molecule has 1 heterocycles. The molecule has 1 unspecified atom stereocenters. The summed E-state index contributed by atoms with van der Waals surface area (Å²) in [7, 11) is 0. The number of hydrogen-bond donors (Lipinski definition) is 0. The van der Waals surface area contributed by atoms with E-state index in [9.17, 15) is 0 Å². The van der Waals surface area contributed by atoms with Gasteiger partial charge in [0.15, 0.2) is 0 Å². The van der Waals surface area contributed by atoms with Crippen LogP contribution in [0.4, 0.5) is 0 Å². The normalized spacial score (nSPS) is 27.1. The molecule has 0 bridgehead atoms. The maximum Gasteiger partial charge on any atom is 0.129 e. The van der Waals surface area contributed by atoms with Crippen LogP contribution >= 0.6 is 0 Å². The molecule has 0 radical (unpaired) electrons. The first-order valence-corrected chi connectivity index (χ1v) is 4.19. The van der Waals surface area contributed by atoms with Gasteiger partial charge in [0.25, 0.3) is 0 Å². The summed E-state index contributed by atoms with van der Waals surface area (Å²) in [5, 5.41) is 0. The van der Waals surface area contributed by atoms with E-state index in [4.69, 9.17) is 4.74 Å². The Morgan fingerprint density at radius 2 is 2.09 bits per heavy atom. The van der Waals surface area contributed by atoms with Crippen molar-refractivity contribution in [2.75, 3.05) is 0 Å². The van der Waals surface area contributed by atoms with Crippen LogP contribution in [0.15, 0.2) is 25.0 Å². The molecule has 1 aliphatic rings. The zero-order valence-corrected chi connectivity index (χ0v) is 7.39. The lowest BCUT2D eigenvalue weighted by Crippen LogP contribution is -2.47. The molecular formula is C10H16O. The van der Waals surface area contributed by atoms with Gasteiger partial charge in [0, 0.05) is 0 Å². The van der Waals surface area contributed by atoms with Gasteiger partial charge < -0.3 is 4.74 Å². The zero-order chi connectivity index (χ0) is 8.48. The molecule has 1 rings (SSSR count). The Balaban J connectivity index is 2.78. The summed E-state index contributed by atoms with van der Waals surface area (Å²) in [5.74, 6) is 0.937. The van der Waals surface area contributed by atoms with Crippen molar-refractivity contribution >= 4 is 0 Å². The molecule has 1 saturated heterocycles. The van der Waals surface area contributed by atoms with Gasteiger partial charge in [-0.15, -0.1) is 0 Å². The maximum atomic E-state index is 5.37. The minimum absolute atomic E-state index is 0.196. The number of rotatable bonds is 3. The van der Waals surface area contributed by atoms with Crippen molar-refractivity contribution in [1.82, 2.24) is 0 Å². The molecule has 1 heteroatoms. The Morgan fingerprint density at radius 3 is 2.27 bits per heavy atom. The summed E-state index contributed by atoms with van der Waals surface area (Å²) in [6, 6.07) is 0. The Hall–Kier alpha value is -0.720. The third-order valence-electron chi connectivity index (χ3n) is 2.85. The lowest BCUT2D eigenvalue weighted by molar-refractivity contribution is -0.0923. The van der Waals surface area contributed by atoms with Crippen LogP contribution in [0.25, 0.3) is 0 Å². The molecule has 0 aromatic rings. The van der Waals surface area contributed by atoms with Crippen molar-refractivity contribution in [1.29, 1.82) is 0 Å². The lowest BCUT2D eigenvalue weighted by atomic mass is 9.71. The second-order valence-electron chi connectivity index (χ2n) is 3.06. The van der Waals surface area contributed by atoms with Crippen LogP contribution in [-0.4, -0.2) is 6.10 Å². The first-order chi connectivity index (χ1) is 5.21. The van der Waals surface area contributed by atoms with Gasteiger partial charge in [-0.3, -0.25) is 0 Å². The molecule has 0 aromatic carbocycles. The van der Waals surface area contributed by atoms with Crippen LogP contribution in [0.1, 0.15) is 26.7 Å². The van der Waals surface area contributed by atoms with Crippen molar-refractivity contribution in [3.8, 4) is 0 Å². The van der Waals surface area contributed by atoms with Crippen molar-refractivity contribution in [3.05, 3.63) is 25.0 Å². The van der Waals surface area contributed by atoms with Crippen molar-refractivity contribution in [2.24, 2.45) is 5.41 Å². The van der Waals surface area contributed by atoms with Crippen molar-refractivity contribution in [3.63, 3.8) is 0 Å². The van der Waals surface area contributed by atoms with Crippen LogP contribution in [0.5, 0.6) is 0 Å². The predicted molar refractivity (Wildman–Crippen MR) is 47.2 cm³/mol. The molecule has 1 fully saturated rings. The van der Waals surface area contributed by atoms with E-state index in [1.54, 1.807) is 0 Å². The summed E-state index contributed by atoms with van der Waals surface area (Å²) >= 11 is 0. The summed E-state index contributed by atoms with van der Waals surface area (Å²) < 4.78 is 5.37. The molecule has 11 heavy (non-hydrogen) atoms. The van der Waals surface area contributed by atoms with Gasteiger partial charge in [-0.25, -0.2) is 0 Å². The molecule has 0 aromatic heterocycles. The largest absolute Gasteiger partial charge is 0.490 e. The zero-order valence-electron chi connectivity index (χ0n) is 7.39. The van der Waals surface area contributed by atoms with Gasteiger partial charge in [-0.1, -0.05) is 33.1 Å². The van der Waals surface area contributed by atoms with Crippen LogP contribution in [-0.2, 0) is 4.74 Å². The van der Waals surface area contributed by atoms with E-state index < -0.39 is 0 Å². The summed E-state index contributed by atoms with van der Waals surface area (Å²) in [4.78, 5) is 0. The summed E-state index contributed by atoms with van der Waals surface area (Å²) in [6.45, 7) is 12.0. The average Bonchev–Trinajstić information content (AvgIpc) is 2.02. The molecule has 0 spiro atoms. The van der Waals surface area contributed by atoms with Crippen LogP contribution in [0.3, 0.4) is 0 Å².